The maximum Gasteiger partial charge on any atom is 0.255 e. The number of benzene rings is 1. The zero-order valence-corrected chi connectivity index (χ0v) is 15.0. The van der Waals surface area contributed by atoms with Crippen molar-refractivity contribution in [1.82, 2.24) is 10.2 Å². The molecule has 0 saturated carbocycles. The molecule has 3 rings (SSSR count). The minimum Gasteiger partial charge on any atom is -0.334 e. The SMILES string of the molecule is O=C(c1cc(Br)ccc1I)N1CCCC1C1CCCN1. The van der Waals surface area contributed by atoms with Crippen LogP contribution >= 0.6 is 38.5 Å². The molecule has 2 unspecified atom stereocenters. The fourth-order valence-electron chi connectivity index (χ4n) is 3.32. The number of rotatable bonds is 2. The number of likely N-dealkylation sites (tertiary alicyclic amines) is 1. The fourth-order valence-corrected chi connectivity index (χ4v) is 4.25. The summed E-state index contributed by atoms with van der Waals surface area (Å²) in [6.07, 6.45) is 4.69. The second kappa shape index (κ2) is 6.32. The Bertz CT molecular complexity index is 517. The molecule has 1 amide bonds. The van der Waals surface area contributed by atoms with Gasteiger partial charge in [-0.1, -0.05) is 15.9 Å². The van der Waals surface area contributed by atoms with Gasteiger partial charge in [-0.2, -0.15) is 0 Å². The summed E-state index contributed by atoms with van der Waals surface area (Å²) in [5.41, 5.74) is 0.824. The van der Waals surface area contributed by atoms with Crippen molar-refractivity contribution in [2.45, 2.75) is 37.8 Å². The Kier molecular flexibility index (Phi) is 4.67. The van der Waals surface area contributed by atoms with Crippen LogP contribution in [0.2, 0.25) is 0 Å². The standard InChI is InChI=1S/C15H18BrIN2O/c16-10-5-6-12(17)11(9-10)15(20)19-8-2-4-14(19)13-3-1-7-18-13/h5-6,9,13-14,18H,1-4,7-8H2. The molecule has 20 heavy (non-hydrogen) atoms. The molecule has 0 bridgehead atoms. The lowest BCUT2D eigenvalue weighted by molar-refractivity contribution is 0.0710. The zero-order chi connectivity index (χ0) is 14.1. The predicted octanol–water partition coefficient (Wildman–Crippen LogP) is 3.41. The first-order valence-corrected chi connectivity index (χ1v) is 9.03. The van der Waals surface area contributed by atoms with Gasteiger partial charge in [-0.25, -0.2) is 0 Å². The van der Waals surface area contributed by atoms with Gasteiger partial charge < -0.3 is 10.2 Å². The minimum absolute atomic E-state index is 0.187. The molecule has 5 heteroatoms. The van der Waals surface area contributed by atoms with Gasteiger partial charge in [0.15, 0.2) is 0 Å². The van der Waals surface area contributed by atoms with Gasteiger partial charge in [-0.05, 0) is 73.0 Å². The molecule has 0 aromatic heterocycles. The number of amides is 1. The van der Waals surface area contributed by atoms with E-state index in [0.717, 1.165) is 39.5 Å². The maximum absolute atomic E-state index is 12.9. The van der Waals surface area contributed by atoms with Crippen LogP contribution in [0.25, 0.3) is 0 Å². The summed E-state index contributed by atoms with van der Waals surface area (Å²) >= 11 is 5.72. The number of hydrogen-bond donors (Lipinski definition) is 1. The van der Waals surface area contributed by atoms with Gasteiger partial charge in [-0.3, -0.25) is 4.79 Å². The summed E-state index contributed by atoms with van der Waals surface area (Å²) in [6.45, 7) is 1.99. The summed E-state index contributed by atoms with van der Waals surface area (Å²) in [6, 6.07) is 6.79. The number of nitrogens with one attached hydrogen (secondary N) is 1. The molecule has 2 heterocycles. The molecule has 2 atom stereocenters. The molecule has 2 aliphatic rings. The van der Waals surface area contributed by atoms with E-state index in [9.17, 15) is 4.79 Å². The maximum atomic E-state index is 12.9. The molecule has 1 aromatic rings. The van der Waals surface area contributed by atoms with E-state index >= 15 is 0 Å². The monoisotopic (exact) mass is 448 g/mol. The van der Waals surface area contributed by atoms with Crippen LogP contribution < -0.4 is 5.32 Å². The van der Waals surface area contributed by atoms with E-state index in [4.69, 9.17) is 0 Å². The van der Waals surface area contributed by atoms with Crippen LogP contribution in [0.4, 0.5) is 0 Å². The summed E-state index contributed by atoms with van der Waals surface area (Å²) < 4.78 is 2.00. The van der Waals surface area contributed by atoms with Crippen molar-refractivity contribution in [1.29, 1.82) is 0 Å². The van der Waals surface area contributed by atoms with Gasteiger partial charge in [-0.15, -0.1) is 0 Å². The molecule has 3 nitrogen and oxygen atoms in total. The normalized spacial score (nSPS) is 26.2. The third kappa shape index (κ3) is 2.90. The van der Waals surface area contributed by atoms with Crippen molar-refractivity contribution < 1.29 is 4.79 Å². The predicted molar refractivity (Wildman–Crippen MR) is 91.9 cm³/mol. The summed E-state index contributed by atoms with van der Waals surface area (Å²) in [7, 11) is 0. The van der Waals surface area contributed by atoms with E-state index in [1.165, 1.54) is 12.8 Å². The Labute approximate surface area is 141 Å². The Morgan fingerprint density at radius 3 is 2.95 bits per heavy atom. The number of carbonyl (C=O) groups excluding carboxylic acids is 1. The lowest BCUT2D eigenvalue weighted by Gasteiger charge is -2.30. The Morgan fingerprint density at radius 1 is 1.35 bits per heavy atom. The Morgan fingerprint density at radius 2 is 2.20 bits per heavy atom. The van der Waals surface area contributed by atoms with E-state index < -0.39 is 0 Å². The van der Waals surface area contributed by atoms with Crippen molar-refractivity contribution in [3.8, 4) is 0 Å². The number of nitrogens with zero attached hydrogens (tertiary/aromatic N) is 1. The Balaban J connectivity index is 1.83. The van der Waals surface area contributed by atoms with Crippen LogP contribution in [0.1, 0.15) is 36.0 Å². The topological polar surface area (TPSA) is 32.3 Å². The van der Waals surface area contributed by atoms with E-state index in [1.54, 1.807) is 0 Å². The highest BCUT2D eigenvalue weighted by Crippen LogP contribution is 2.28. The van der Waals surface area contributed by atoms with E-state index in [0.29, 0.717) is 12.1 Å². The fraction of sp³-hybridized carbons (Fsp3) is 0.533. The smallest absolute Gasteiger partial charge is 0.255 e. The van der Waals surface area contributed by atoms with E-state index in [-0.39, 0.29) is 5.91 Å². The van der Waals surface area contributed by atoms with Crippen LogP contribution in [0.15, 0.2) is 22.7 Å². The lowest BCUT2D eigenvalue weighted by Crippen LogP contribution is -2.46. The van der Waals surface area contributed by atoms with Crippen LogP contribution in [-0.4, -0.2) is 36.0 Å². The number of carbonyl (C=O) groups is 1. The molecular formula is C15H18BrIN2O. The summed E-state index contributed by atoms with van der Waals surface area (Å²) in [4.78, 5) is 14.9. The molecule has 108 valence electrons. The number of halogens is 2. The molecule has 0 spiro atoms. The zero-order valence-electron chi connectivity index (χ0n) is 11.2. The van der Waals surface area contributed by atoms with Crippen LogP contribution in [0.5, 0.6) is 0 Å². The molecule has 2 saturated heterocycles. The van der Waals surface area contributed by atoms with Crippen molar-refractivity contribution in [3.05, 3.63) is 31.8 Å². The quantitative estimate of drug-likeness (QED) is 0.703. The third-order valence-corrected chi connectivity index (χ3v) is 5.72. The third-order valence-electron chi connectivity index (χ3n) is 4.28. The minimum atomic E-state index is 0.187. The summed E-state index contributed by atoms with van der Waals surface area (Å²) in [5, 5.41) is 3.56. The highest BCUT2D eigenvalue weighted by molar-refractivity contribution is 14.1. The first-order chi connectivity index (χ1) is 9.66. The van der Waals surface area contributed by atoms with Crippen LogP contribution in [-0.2, 0) is 0 Å². The highest BCUT2D eigenvalue weighted by atomic mass is 127. The van der Waals surface area contributed by atoms with Crippen LogP contribution in [0, 0.1) is 3.57 Å². The summed E-state index contributed by atoms with van der Waals surface area (Å²) in [5.74, 6) is 0.187. The van der Waals surface area contributed by atoms with E-state index in [1.807, 2.05) is 18.2 Å². The highest BCUT2D eigenvalue weighted by Gasteiger charge is 2.36. The van der Waals surface area contributed by atoms with Crippen LogP contribution in [0.3, 0.4) is 0 Å². The first-order valence-electron chi connectivity index (χ1n) is 7.16. The average Bonchev–Trinajstić information content (AvgIpc) is 3.10. The van der Waals surface area contributed by atoms with E-state index in [2.05, 4.69) is 48.7 Å². The molecule has 0 radical (unpaired) electrons. The van der Waals surface area contributed by atoms with Crippen molar-refractivity contribution >= 4 is 44.4 Å². The second-order valence-corrected chi connectivity index (χ2v) is 7.61. The number of hydrogen-bond acceptors (Lipinski definition) is 2. The Hall–Kier alpha value is -0.140. The van der Waals surface area contributed by atoms with Gasteiger partial charge in [0.05, 0.1) is 5.56 Å². The first kappa shape index (κ1) is 14.8. The molecule has 2 aliphatic heterocycles. The molecule has 2 fully saturated rings. The lowest BCUT2D eigenvalue weighted by atomic mass is 10.0. The van der Waals surface area contributed by atoms with Gasteiger partial charge in [0.1, 0.15) is 0 Å². The van der Waals surface area contributed by atoms with Gasteiger partial charge in [0.2, 0.25) is 0 Å². The largest absolute Gasteiger partial charge is 0.334 e. The van der Waals surface area contributed by atoms with Gasteiger partial charge in [0.25, 0.3) is 5.91 Å². The van der Waals surface area contributed by atoms with Crippen molar-refractivity contribution in [2.75, 3.05) is 13.1 Å². The van der Waals surface area contributed by atoms with Crippen molar-refractivity contribution in [2.24, 2.45) is 0 Å². The molecular weight excluding hydrogens is 431 g/mol. The van der Waals surface area contributed by atoms with Gasteiger partial charge in [0, 0.05) is 26.7 Å². The average molecular weight is 449 g/mol. The molecule has 0 aliphatic carbocycles. The second-order valence-electron chi connectivity index (χ2n) is 5.54. The van der Waals surface area contributed by atoms with Crippen molar-refractivity contribution in [3.63, 3.8) is 0 Å². The van der Waals surface area contributed by atoms with Gasteiger partial charge >= 0.3 is 0 Å². The molecule has 1 N–H and O–H groups in total. The molecule has 1 aromatic carbocycles.